The highest BCUT2D eigenvalue weighted by atomic mass is 32.1. The van der Waals surface area contributed by atoms with Gasteiger partial charge in [0, 0.05) is 19.0 Å². The number of hydrogen-bond acceptors (Lipinski definition) is 4. The van der Waals surface area contributed by atoms with Crippen molar-refractivity contribution in [2.24, 2.45) is 11.7 Å². The van der Waals surface area contributed by atoms with Gasteiger partial charge in [-0.25, -0.2) is 0 Å². The zero-order valence-electron chi connectivity index (χ0n) is 9.98. The Morgan fingerprint density at radius 3 is 2.78 bits per heavy atom. The molecule has 0 unspecified atom stereocenters. The summed E-state index contributed by atoms with van der Waals surface area (Å²) in [5, 5.41) is 6.05. The minimum Gasteiger partial charge on any atom is -0.388 e. The molecule has 1 aromatic heterocycles. The van der Waals surface area contributed by atoms with Gasteiger partial charge in [0.25, 0.3) is 0 Å². The van der Waals surface area contributed by atoms with Gasteiger partial charge >= 0.3 is 0 Å². The molecular weight excluding hydrogens is 248 g/mol. The van der Waals surface area contributed by atoms with E-state index in [2.05, 4.69) is 15.6 Å². The van der Waals surface area contributed by atoms with Gasteiger partial charge in [-0.3, -0.25) is 9.78 Å². The number of nitrogens with two attached hydrogens (primary N) is 1. The molecule has 1 aromatic rings. The first-order valence-corrected chi connectivity index (χ1v) is 6.35. The van der Waals surface area contributed by atoms with Crippen LogP contribution >= 0.6 is 12.2 Å². The van der Waals surface area contributed by atoms with Crippen LogP contribution in [0.15, 0.2) is 18.3 Å². The van der Waals surface area contributed by atoms with Crippen molar-refractivity contribution in [2.75, 3.05) is 18.4 Å². The summed E-state index contributed by atoms with van der Waals surface area (Å²) in [6.07, 6.45) is 3.74. The van der Waals surface area contributed by atoms with E-state index in [-0.39, 0.29) is 11.8 Å². The lowest BCUT2D eigenvalue weighted by atomic mass is 10.3. The maximum Gasteiger partial charge on any atom is 0.223 e. The number of hydrogen-bond donors (Lipinski definition) is 3. The van der Waals surface area contributed by atoms with Crippen LogP contribution in [0.3, 0.4) is 0 Å². The SMILES string of the molecule is NC(=S)c1ccc(NCCNC(=O)C2CC2)cn1. The van der Waals surface area contributed by atoms with Crippen LogP contribution in [-0.2, 0) is 4.79 Å². The molecule has 1 saturated carbocycles. The minimum absolute atomic E-state index is 0.166. The van der Waals surface area contributed by atoms with Crippen molar-refractivity contribution in [2.45, 2.75) is 12.8 Å². The first-order chi connectivity index (χ1) is 8.66. The van der Waals surface area contributed by atoms with E-state index >= 15 is 0 Å². The molecule has 1 amide bonds. The van der Waals surface area contributed by atoms with Crippen LogP contribution < -0.4 is 16.4 Å². The Labute approximate surface area is 111 Å². The van der Waals surface area contributed by atoms with Crippen LogP contribution in [0.5, 0.6) is 0 Å². The van der Waals surface area contributed by atoms with Gasteiger partial charge in [-0.2, -0.15) is 0 Å². The number of anilines is 1. The first kappa shape index (κ1) is 12.8. The lowest BCUT2D eigenvalue weighted by Gasteiger charge is -2.07. The van der Waals surface area contributed by atoms with Crippen molar-refractivity contribution < 1.29 is 4.79 Å². The Morgan fingerprint density at radius 2 is 2.22 bits per heavy atom. The third kappa shape index (κ3) is 3.66. The van der Waals surface area contributed by atoms with E-state index in [9.17, 15) is 4.79 Å². The van der Waals surface area contributed by atoms with E-state index in [1.807, 2.05) is 6.07 Å². The maximum atomic E-state index is 11.4. The molecule has 0 radical (unpaired) electrons. The van der Waals surface area contributed by atoms with Crippen molar-refractivity contribution in [3.05, 3.63) is 24.0 Å². The fourth-order valence-electron chi connectivity index (χ4n) is 1.53. The number of aromatic nitrogens is 1. The summed E-state index contributed by atoms with van der Waals surface area (Å²) >= 11 is 4.82. The molecule has 1 fully saturated rings. The second kappa shape index (κ2) is 5.77. The second-order valence-corrected chi connectivity index (χ2v) is 4.73. The summed E-state index contributed by atoms with van der Waals surface area (Å²) in [7, 11) is 0. The molecule has 0 bridgehead atoms. The Balaban J connectivity index is 1.69. The fourth-order valence-corrected chi connectivity index (χ4v) is 1.65. The number of thiocarbonyl (C=S) groups is 1. The van der Waals surface area contributed by atoms with Gasteiger partial charge in [0.1, 0.15) is 4.99 Å². The number of carbonyl (C=O) groups is 1. The molecule has 1 aliphatic carbocycles. The Bertz CT molecular complexity index is 442. The molecule has 2 rings (SSSR count). The van der Waals surface area contributed by atoms with Crippen molar-refractivity contribution >= 4 is 28.8 Å². The number of amides is 1. The largest absolute Gasteiger partial charge is 0.388 e. The molecule has 1 aliphatic rings. The predicted molar refractivity (Wildman–Crippen MR) is 74.3 cm³/mol. The summed E-state index contributed by atoms with van der Waals surface area (Å²) in [5.41, 5.74) is 6.95. The molecule has 0 aromatic carbocycles. The van der Waals surface area contributed by atoms with Gasteiger partial charge in [-0.05, 0) is 25.0 Å². The van der Waals surface area contributed by atoms with Gasteiger partial charge in [-0.1, -0.05) is 12.2 Å². The van der Waals surface area contributed by atoms with Crippen LogP contribution in [0.25, 0.3) is 0 Å². The number of rotatable bonds is 6. The van der Waals surface area contributed by atoms with Crippen LogP contribution in [0, 0.1) is 5.92 Å². The highest BCUT2D eigenvalue weighted by Gasteiger charge is 2.28. The van der Waals surface area contributed by atoms with E-state index in [1.165, 1.54) is 0 Å². The van der Waals surface area contributed by atoms with Gasteiger partial charge < -0.3 is 16.4 Å². The lowest BCUT2D eigenvalue weighted by Crippen LogP contribution is -2.29. The summed E-state index contributed by atoms with van der Waals surface area (Å²) in [5.74, 6) is 0.426. The average Bonchev–Trinajstić information content (AvgIpc) is 3.19. The van der Waals surface area contributed by atoms with Crippen molar-refractivity contribution in [3.63, 3.8) is 0 Å². The van der Waals surface area contributed by atoms with Gasteiger partial charge in [0.2, 0.25) is 5.91 Å². The number of nitrogens with zero attached hydrogens (tertiary/aromatic N) is 1. The molecule has 6 heteroatoms. The standard InChI is InChI=1S/C12H16N4OS/c13-11(18)10-4-3-9(7-16-10)14-5-6-15-12(17)8-1-2-8/h3-4,7-8,14H,1-2,5-6H2,(H2,13,18)(H,15,17). The third-order valence-electron chi connectivity index (χ3n) is 2.72. The number of carbonyl (C=O) groups excluding carboxylic acids is 1. The Morgan fingerprint density at radius 1 is 1.44 bits per heavy atom. The molecule has 18 heavy (non-hydrogen) atoms. The van der Waals surface area contributed by atoms with Crippen molar-refractivity contribution in [3.8, 4) is 0 Å². The fraction of sp³-hybridized carbons (Fsp3) is 0.417. The van der Waals surface area contributed by atoms with E-state index in [1.54, 1.807) is 12.3 Å². The van der Waals surface area contributed by atoms with E-state index in [0.717, 1.165) is 18.5 Å². The molecule has 5 nitrogen and oxygen atoms in total. The van der Waals surface area contributed by atoms with Crippen LogP contribution in [0.2, 0.25) is 0 Å². The maximum absolute atomic E-state index is 11.4. The summed E-state index contributed by atoms with van der Waals surface area (Å²) in [4.78, 5) is 15.8. The van der Waals surface area contributed by atoms with Crippen molar-refractivity contribution in [1.82, 2.24) is 10.3 Å². The molecular formula is C12H16N4OS. The molecule has 4 N–H and O–H groups in total. The highest BCUT2D eigenvalue weighted by Crippen LogP contribution is 2.28. The first-order valence-electron chi connectivity index (χ1n) is 5.94. The summed E-state index contributed by atoms with van der Waals surface area (Å²) < 4.78 is 0. The van der Waals surface area contributed by atoms with Crippen LogP contribution in [0.4, 0.5) is 5.69 Å². The van der Waals surface area contributed by atoms with Gasteiger partial charge in [-0.15, -0.1) is 0 Å². The van der Waals surface area contributed by atoms with Crippen LogP contribution in [0.1, 0.15) is 18.5 Å². The lowest BCUT2D eigenvalue weighted by molar-refractivity contribution is -0.122. The second-order valence-electron chi connectivity index (χ2n) is 4.29. The highest BCUT2D eigenvalue weighted by molar-refractivity contribution is 7.80. The topological polar surface area (TPSA) is 80.0 Å². The van der Waals surface area contributed by atoms with Crippen LogP contribution in [-0.4, -0.2) is 29.0 Å². The molecule has 0 saturated heterocycles. The van der Waals surface area contributed by atoms with Gasteiger partial charge in [0.15, 0.2) is 0 Å². The average molecular weight is 264 g/mol. The zero-order chi connectivity index (χ0) is 13.0. The molecule has 0 atom stereocenters. The molecule has 96 valence electrons. The molecule has 0 aliphatic heterocycles. The monoisotopic (exact) mass is 264 g/mol. The summed E-state index contributed by atoms with van der Waals surface area (Å²) in [6.45, 7) is 1.29. The Kier molecular flexibility index (Phi) is 4.09. The quantitative estimate of drug-likeness (QED) is 0.519. The van der Waals surface area contributed by atoms with Crippen molar-refractivity contribution in [1.29, 1.82) is 0 Å². The molecule has 0 spiro atoms. The predicted octanol–water partition coefficient (Wildman–Crippen LogP) is 0.654. The zero-order valence-corrected chi connectivity index (χ0v) is 10.8. The number of pyridine rings is 1. The van der Waals surface area contributed by atoms with E-state index in [0.29, 0.717) is 23.8 Å². The van der Waals surface area contributed by atoms with Gasteiger partial charge in [0.05, 0.1) is 17.6 Å². The minimum atomic E-state index is 0.166. The Hall–Kier alpha value is -1.69. The third-order valence-corrected chi connectivity index (χ3v) is 2.93. The van der Waals surface area contributed by atoms with E-state index in [4.69, 9.17) is 18.0 Å². The van der Waals surface area contributed by atoms with E-state index < -0.39 is 0 Å². The summed E-state index contributed by atoms with van der Waals surface area (Å²) in [6, 6.07) is 3.64. The number of nitrogens with one attached hydrogen (secondary N) is 2. The molecule has 1 heterocycles. The normalized spacial score (nSPS) is 14.0. The smallest absolute Gasteiger partial charge is 0.223 e.